The molecule has 2 aromatic heterocycles. The lowest BCUT2D eigenvalue weighted by atomic mass is 10.0. The average molecular weight is 304 g/mol. The van der Waals surface area contributed by atoms with Gasteiger partial charge in [-0.3, -0.25) is 9.79 Å². The van der Waals surface area contributed by atoms with Crippen molar-refractivity contribution in [1.29, 1.82) is 0 Å². The summed E-state index contributed by atoms with van der Waals surface area (Å²) in [5.74, 6) is 0. The Bertz CT molecular complexity index is 974. The van der Waals surface area contributed by atoms with Crippen LogP contribution >= 0.6 is 0 Å². The summed E-state index contributed by atoms with van der Waals surface area (Å²) in [6, 6.07) is 11.7. The first kappa shape index (κ1) is 13.7. The summed E-state index contributed by atoms with van der Waals surface area (Å²) in [5, 5.41) is 0.918. The molecule has 114 valence electrons. The number of pyridine rings is 2. The lowest BCUT2D eigenvalue weighted by molar-refractivity contribution is 0.951. The first-order valence-corrected chi connectivity index (χ1v) is 7.57. The Kier molecular flexibility index (Phi) is 3.19. The number of benzene rings is 1. The lowest BCUT2D eigenvalue weighted by Gasteiger charge is -2.22. The summed E-state index contributed by atoms with van der Waals surface area (Å²) >= 11 is 0. The van der Waals surface area contributed by atoms with Gasteiger partial charge in [0.25, 0.3) is 0 Å². The van der Waals surface area contributed by atoms with E-state index in [0.29, 0.717) is 5.65 Å². The number of H-pyrrole nitrogens is 1. The molecule has 5 heteroatoms. The second kappa shape index (κ2) is 5.35. The molecule has 1 aromatic carbocycles. The minimum absolute atomic E-state index is 0.144. The van der Waals surface area contributed by atoms with E-state index in [0.717, 1.165) is 29.7 Å². The maximum Gasteiger partial charge on any atom is 0.249 e. The largest absolute Gasteiger partial charge is 0.344 e. The van der Waals surface area contributed by atoms with Gasteiger partial charge in [-0.05, 0) is 41.8 Å². The molecule has 0 amide bonds. The van der Waals surface area contributed by atoms with Gasteiger partial charge in [-0.25, -0.2) is 4.98 Å². The molecule has 0 fully saturated rings. The highest BCUT2D eigenvalue weighted by atomic mass is 16.1. The van der Waals surface area contributed by atoms with Crippen LogP contribution in [0.3, 0.4) is 0 Å². The molecule has 3 heterocycles. The van der Waals surface area contributed by atoms with Crippen LogP contribution in [0.25, 0.3) is 11.0 Å². The van der Waals surface area contributed by atoms with E-state index in [-0.39, 0.29) is 5.56 Å². The fraction of sp³-hybridized carbons (Fsp3) is 0.167. The van der Waals surface area contributed by atoms with E-state index in [2.05, 4.69) is 38.1 Å². The van der Waals surface area contributed by atoms with Crippen molar-refractivity contribution in [2.75, 3.05) is 18.5 Å². The topological polar surface area (TPSA) is 61.4 Å². The van der Waals surface area contributed by atoms with E-state index in [9.17, 15) is 4.79 Å². The molecule has 0 aliphatic carbocycles. The van der Waals surface area contributed by atoms with E-state index in [1.54, 1.807) is 6.20 Å². The molecule has 4 rings (SSSR count). The quantitative estimate of drug-likeness (QED) is 0.792. The molecule has 0 unspecified atom stereocenters. The van der Waals surface area contributed by atoms with Crippen LogP contribution in [0.15, 0.2) is 52.4 Å². The second-order valence-corrected chi connectivity index (χ2v) is 5.64. The summed E-state index contributed by atoms with van der Waals surface area (Å²) < 4.78 is 0. The fourth-order valence-corrected chi connectivity index (χ4v) is 2.96. The summed E-state index contributed by atoms with van der Waals surface area (Å²) in [4.78, 5) is 24.9. The highest BCUT2D eigenvalue weighted by Gasteiger charge is 2.12. The summed E-state index contributed by atoms with van der Waals surface area (Å²) in [5.41, 5.74) is 5.04. The summed E-state index contributed by atoms with van der Waals surface area (Å²) in [6.07, 6.45) is 4.65. The maximum atomic E-state index is 11.5. The predicted molar refractivity (Wildman–Crippen MR) is 93.0 cm³/mol. The monoisotopic (exact) mass is 304 g/mol. The van der Waals surface area contributed by atoms with E-state index < -0.39 is 0 Å². The molecule has 5 nitrogen and oxygen atoms in total. The van der Waals surface area contributed by atoms with Gasteiger partial charge in [0, 0.05) is 43.1 Å². The van der Waals surface area contributed by atoms with Crippen LogP contribution in [0.4, 0.5) is 11.4 Å². The molecule has 1 aliphatic rings. The van der Waals surface area contributed by atoms with Crippen molar-refractivity contribution >= 4 is 28.6 Å². The van der Waals surface area contributed by atoms with Crippen molar-refractivity contribution in [1.82, 2.24) is 9.97 Å². The van der Waals surface area contributed by atoms with Crippen LogP contribution in [0, 0.1) is 0 Å². The van der Waals surface area contributed by atoms with Crippen molar-refractivity contribution in [3.8, 4) is 0 Å². The van der Waals surface area contributed by atoms with Crippen molar-refractivity contribution in [2.45, 2.75) is 6.42 Å². The molecule has 1 N–H and O–H groups in total. The second-order valence-electron chi connectivity index (χ2n) is 5.64. The number of aliphatic imine (C=N–C) groups is 1. The molecular weight excluding hydrogens is 288 g/mol. The van der Waals surface area contributed by atoms with Crippen LogP contribution in [-0.2, 0) is 6.42 Å². The summed E-state index contributed by atoms with van der Waals surface area (Å²) in [6.45, 7) is 0.866. The van der Waals surface area contributed by atoms with Crippen molar-refractivity contribution in [3.05, 3.63) is 64.1 Å². The molecule has 0 saturated heterocycles. The molecule has 0 spiro atoms. The van der Waals surface area contributed by atoms with Gasteiger partial charge < -0.3 is 9.88 Å². The van der Waals surface area contributed by atoms with E-state index >= 15 is 0 Å². The van der Waals surface area contributed by atoms with Gasteiger partial charge in [0.2, 0.25) is 5.56 Å². The Morgan fingerprint density at radius 3 is 3.00 bits per heavy atom. The zero-order chi connectivity index (χ0) is 15.8. The van der Waals surface area contributed by atoms with Crippen molar-refractivity contribution in [2.24, 2.45) is 4.99 Å². The van der Waals surface area contributed by atoms with Crippen LogP contribution < -0.4 is 10.5 Å². The number of hydrogen-bond donors (Lipinski definition) is 1. The third-order valence-electron chi connectivity index (χ3n) is 4.23. The predicted octanol–water partition coefficient (Wildman–Crippen LogP) is 2.67. The van der Waals surface area contributed by atoms with E-state index in [1.807, 2.05) is 25.4 Å². The molecule has 0 atom stereocenters. The van der Waals surface area contributed by atoms with Gasteiger partial charge >= 0.3 is 0 Å². The Hall–Kier alpha value is -2.95. The number of aromatic nitrogens is 2. The normalized spacial score (nSPS) is 13.1. The molecular formula is C18H16N4O. The van der Waals surface area contributed by atoms with Gasteiger partial charge in [0.05, 0.1) is 5.69 Å². The van der Waals surface area contributed by atoms with Crippen molar-refractivity contribution in [3.63, 3.8) is 0 Å². The smallest absolute Gasteiger partial charge is 0.249 e. The molecule has 0 saturated carbocycles. The van der Waals surface area contributed by atoms with Crippen molar-refractivity contribution < 1.29 is 0 Å². The van der Waals surface area contributed by atoms with Crippen LogP contribution in [0.5, 0.6) is 0 Å². The third-order valence-corrected chi connectivity index (χ3v) is 4.23. The minimum Gasteiger partial charge on any atom is -0.344 e. The van der Waals surface area contributed by atoms with Crippen LogP contribution in [0.1, 0.15) is 11.1 Å². The van der Waals surface area contributed by atoms with Gasteiger partial charge in [0.15, 0.2) is 0 Å². The third kappa shape index (κ3) is 2.40. The Morgan fingerprint density at radius 2 is 2.09 bits per heavy atom. The first-order chi connectivity index (χ1) is 11.2. The van der Waals surface area contributed by atoms with Crippen LogP contribution in [-0.4, -0.2) is 29.8 Å². The highest BCUT2D eigenvalue weighted by molar-refractivity contribution is 5.92. The highest BCUT2D eigenvalue weighted by Crippen LogP contribution is 2.30. The van der Waals surface area contributed by atoms with E-state index in [4.69, 9.17) is 0 Å². The minimum atomic E-state index is -0.144. The average Bonchev–Trinajstić information content (AvgIpc) is 2.60. The molecule has 3 aromatic rings. The number of rotatable bonds is 2. The Morgan fingerprint density at radius 1 is 1.17 bits per heavy atom. The lowest BCUT2D eigenvalue weighted by Crippen LogP contribution is -2.13. The van der Waals surface area contributed by atoms with Gasteiger partial charge in [-0.2, -0.15) is 0 Å². The molecule has 23 heavy (non-hydrogen) atoms. The molecule has 1 aliphatic heterocycles. The van der Waals surface area contributed by atoms with E-state index in [1.165, 1.54) is 17.2 Å². The number of fused-ring (bicyclic) bond motifs is 2. The standard InChI is InChI=1S/C18H16N4O/c1-22(14-3-2-12-6-8-19-11-13(12)10-14)16-7-9-20-18-15(16)4-5-17(23)21-18/h2-5,7,9-11H,6,8H2,1H3,(H,20,21,23). The van der Waals surface area contributed by atoms with Gasteiger partial charge in [-0.1, -0.05) is 6.07 Å². The summed E-state index contributed by atoms with van der Waals surface area (Å²) in [7, 11) is 2.02. The molecule has 0 bridgehead atoms. The van der Waals surface area contributed by atoms with Gasteiger partial charge in [0.1, 0.15) is 5.65 Å². The number of nitrogens with zero attached hydrogens (tertiary/aromatic N) is 3. The zero-order valence-electron chi connectivity index (χ0n) is 12.8. The number of hydrogen-bond acceptors (Lipinski definition) is 4. The SMILES string of the molecule is CN(c1ccc2c(c1)C=NCC2)c1ccnc2[nH]c(=O)ccc12. The number of aromatic amines is 1. The van der Waals surface area contributed by atoms with Gasteiger partial charge in [-0.15, -0.1) is 0 Å². The number of anilines is 2. The Balaban J connectivity index is 1.82. The Labute approximate surface area is 133 Å². The molecule has 0 radical (unpaired) electrons. The first-order valence-electron chi connectivity index (χ1n) is 7.57. The number of nitrogens with one attached hydrogen (secondary N) is 1. The maximum absolute atomic E-state index is 11.5. The zero-order valence-corrected chi connectivity index (χ0v) is 12.8. The van der Waals surface area contributed by atoms with Crippen LogP contribution in [0.2, 0.25) is 0 Å². The fourth-order valence-electron chi connectivity index (χ4n) is 2.96.